The van der Waals surface area contributed by atoms with E-state index in [2.05, 4.69) is 44.0 Å². The fourth-order valence-electron chi connectivity index (χ4n) is 3.04. The van der Waals surface area contributed by atoms with Crippen molar-refractivity contribution < 1.29 is 14.3 Å². The van der Waals surface area contributed by atoms with Crippen LogP contribution in [-0.4, -0.2) is 23.7 Å². The van der Waals surface area contributed by atoms with Crippen LogP contribution in [0.15, 0.2) is 53.1 Å². The third kappa shape index (κ3) is 3.70. The first-order valence-electron chi connectivity index (χ1n) is 8.63. The molecular weight excluding hydrogens is 396 g/mol. The molecule has 3 aromatic rings. The topological polar surface area (TPSA) is 52.5 Å². The summed E-state index contributed by atoms with van der Waals surface area (Å²) in [6.07, 6.45) is 3.26. The fourth-order valence-corrected chi connectivity index (χ4v) is 3.39. The van der Waals surface area contributed by atoms with Gasteiger partial charge < -0.3 is 19.4 Å². The Morgan fingerprint density at radius 3 is 2.81 bits per heavy atom. The second-order valence-electron chi connectivity index (χ2n) is 6.22. The molecule has 134 valence electrons. The second-order valence-corrected chi connectivity index (χ2v) is 7.14. The van der Waals surface area contributed by atoms with Crippen LogP contribution in [0.4, 0.5) is 5.69 Å². The van der Waals surface area contributed by atoms with Crippen molar-refractivity contribution in [3.05, 3.63) is 53.1 Å². The van der Waals surface area contributed by atoms with Gasteiger partial charge in [0.05, 0.1) is 13.2 Å². The molecule has 0 fully saturated rings. The lowest BCUT2D eigenvalue weighted by molar-refractivity contribution is -0.116. The maximum Gasteiger partial charge on any atom is 0.226 e. The molecule has 0 aliphatic carbocycles. The molecule has 1 aliphatic heterocycles. The van der Waals surface area contributed by atoms with Gasteiger partial charge in [-0.2, -0.15) is 0 Å². The number of hydrogen-bond acceptors (Lipinski definition) is 3. The molecule has 1 aromatic heterocycles. The molecule has 0 unspecified atom stereocenters. The van der Waals surface area contributed by atoms with Gasteiger partial charge in [-0.3, -0.25) is 4.79 Å². The molecule has 0 bridgehead atoms. The van der Waals surface area contributed by atoms with E-state index in [0.29, 0.717) is 31.9 Å². The maximum atomic E-state index is 12.3. The van der Waals surface area contributed by atoms with Crippen LogP contribution in [-0.2, 0) is 11.3 Å². The van der Waals surface area contributed by atoms with Crippen molar-refractivity contribution in [3.8, 4) is 11.5 Å². The zero-order valence-corrected chi connectivity index (χ0v) is 15.8. The van der Waals surface area contributed by atoms with Crippen LogP contribution in [0.5, 0.6) is 11.5 Å². The molecule has 0 spiro atoms. The van der Waals surface area contributed by atoms with E-state index in [9.17, 15) is 4.79 Å². The highest BCUT2D eigenvalue weighted by Gasteiger charge is 2.12. The lowest BCUT2D eigenvalue weighted by atomic mass is 10.2. The summed E-state index contributed by atoms with van der Waals surface area (Å²) < 4.78 is 14.4. The molecule has 1 N–H and O–H groups in total. The normalized spacial score (nSPS) is 13.4. The van der Waals surface area contributed by atoms with Crippen LogP contribution in [0.2, 0.25) is 0 Å². The number of hydrogen-bond donors (Lipinski definition) is 1. The Balaban J connectivity index is 1.41. The Morgan fingerprint density at radius 2 is 1.92 bits per heavy atom. The van der Waals surface area contributed by atoms with Crippen molar-refractivity contribution >= 4 is 38.4 Å². The SMILES string of the molecule is O=C(CCn1ccc2ccc(Br)cc21)Nc1ccc2c(c1)OCCCO2. The summed E-state index contributed by atoms with van der Waals surface area (Å²) in [5.41, 5.74) is 1.84. The average Bonchev–Trinajstić information content (AvgIpc) is 2.87. The quantitative estimate of drug-likeness (QED) is 0.678. The third-order valence-electron chi connectivity index (χ3n) is 4.35. The minimum absolute atomic E-state index is 0.0312. The van der Waals surface area contributed by atoms with Crippen LogP contribution in [0.25, 0.3) is 10.9 Å². The monoisotopic (exact) mass is 414 g/mol. The van der Waals surface area contributed by atoms with Crippen molar-refractivity contribution in [2.24, 2.45) is 0 Å². The first kappa shape index (κ1) is 17.0. The number of benzene rings is 2. The highest BCUT2D eigenvalue weighted by molar-refractivity contribution is 9.10. The third-order valence-corrected chi connectivity index (χ3v) is 4.84. The molecule has 26 heavy (non-hydrogen) atoms. The van der Waals surface area contributed by atoms with Gasteiger partial charge in [-0.25, -0.2) is 0 Å². The number of halogens is 1. The van der Waals surface area contributed by atoms with E-state index in [1.165, 1.54) is 0 Å². The van der Waals surface area contributed by atoms with Crippen LogP contribution >= 0.6 is 15.9 Å². The lowest BCUT2D eigenvalue weighted by Crippen LogP contribution is -2.14. The Bertz CT molecular complexity index is 951. The summed E-state index contributed by atoms with van der Waals surface area (Å²) in [7, 11) is 0. The van der Waals surface area contributed by atoms with Crippen molar-refractivity contribution in [1.29, 1.82) is 0 Å². The standard InChI is InChI=1S/C20H19BrN2O3/c21-15-3-2-14-6-8-23(17(14)12-15)9-7-20(24)22-16-4-5-18-19(13-16)26-11-1-10-25-18/h2-6,8,12-13H,1,7,9-11H2,(H,22,24). The number of fused-ring (bicyclic) bond motifs is 2. The first-order valence-corrected chi connectivity index (χ1v) is 9.42. The van der Waals surface area contributed by atoms with Gasteiger partial charge in [0.15, 0.2) is 11.5 Å². The molecule has 6 heteroatoms. The summed E-state index contributed by atoms with van der Waals surface area (Å²) in [4.78, 5) is 12.3. The molecule has 1 amide bonds. The number of ether oxygens (including phenoxy) is 2. The first-order chi connectivity index (χ1) is 12.7. The number of nitrogens with zero attached hydrogens (tertiary/aromatic N) is 1. The summed E-state index contributed by atoms with van der Waals surface area (Å²) in [6, 6.07) is 13.7. The zero-order valence-electron chi connectivity index (χ0n) is 14.2. The van der Waals surface area contributed by atoms with E-state index in [4.69, 9.17) is 9.47 Å². The van der Waals surface area contributed by atoms with Gasteiger partial charge in [-0.1, -0.05) is 22.0 Å². The van der Waals surface area contributed by atoms with Crippen molar-refractivity contribution in [2.45, 2.75) is 19.4 Å². The van der Waals surface area contributed by atoms with Crippen LogP contribution < -0.4 is 14.8 Å². The maximum absolute atomic E-state index is 12.3. The molecule has 0 saturated heterocycles. The molecule has 0 radical (unpaired) electrons. The van der Waals surface area contributed by atoms with E-state index in [-0.39, 0.29) is 5.91 Å². The zero-order chi connectivity index (χ0) is 17.9. The van der Waals surface area contributed by atoms with Crippen LogP contribution in [0.1, 0.15) is 12.8 Å². The van der Waals surface area contributed by atoms with Gasteiger partial charge in [0.1, 0.15) is 0 Å². The van der Waals surface area contributed by atoms with Gasteiger partial charge in [0.2, 0.25) is 5.91 Å². The number of aryl methyl sites for hydroxylation is 1. The van der Waals surface area contributed by atoms with E-state index in [1.807, 2.05) is 30.5 Å². The van der Waals surface area contributed by atoms with E-state index < -0.39 is 0 Å². The summed E-state index contributed by atoms with van der Waals surface area (Å²) in [6.45, 7) is 1.90. The molecule has 4 rings (SSSR count). The predicted molar refractivity (Wildman–Crippen MR) is 105 cm³/mol. The minimum atomic E-state index is -0.0312. The van der Waals surface area contributed by atoms with Gasteiger partial charge in [0, 0.05) is 47.3 Å². The van der Waals surface area contributed by atoms with E-state index >= 15 is 0 Å². The smallest absolute Gasteiger partial charge is 0.226 e. The number of carbonyl (C=O) groups is 1. The molecule has 2 heterocycles. The highest BCUT2D eigenvalue weighted by atomic mass is 79.9. The van der Waals surface area contributed by atoms with Gasteiger partial charge in [0.25, 0.3) is 0 Å². The number of rotatable bonds is 4. The number of nitrogens with one attached hydrogen (secondary N) is 1. The number of anilines is 1. The van der Waals surface area contributed by atoms with Crippen LogP contribution in [0, 0.1) is 0 Å². The Hall–Kier alpha value is -2.47. The molecule has 0 atom stereocenters. The number of amides is 1. The average molecular weight is 415 g/mol. The second kappa shape index (κ2) is 7.41. The Labute approximate surface area is 160 Å². The van der Waals surface area contributed by atoms with Crippen molar-refractivity contribution in [2.75, 3.05) is 18.5 Å². The Morgan fingerprint density at radius 1 is 1.08 bits per heavy atom. The number of carbonyl (C=O) groups excluding carboxylic acids is 1. The fraction of sp³-hybridized carbons (Fsp3) is 0.250. The summed E-state index contributed by atoms with van der Waals surface area (Å²) in [5, 5.41) is 4.10. The molecule has 0 saturated carbocycles. The molecule has 1 aliphatic rings. The van der Waals surface area contributed by atoms with E-state index in [1.54, 1.807) is 0 Å². The molecule has 5 nitrogen and oxygen atoms in total. The molecular formula is C20H19BrN2O3. The van der Waals surface area contributed by atoms with Gasteiger partial charge >= 0.3 is 0 Å². The lowest BCUT2D eigenvalue weighted by Gasteiger charge is -2.11. The van der Waals surface area contributed by atoms with Crippen molar-refractivity contribution in [1.82, 2.24) is 4.57 Å². The van der Waals surface area contributed by atoms with Crippen LogP contribution in [0.3, 0.4) is 0 Å². The predicted octanol–water partition coefficient (Wildman–Crippen LogP) is 4.59. The number of aromatic nitrogens is 1. The van der Waals surface area contributed by atoms with Gasteiger partial charge in [-0.15, -0.1) is 0 Å². The molecule has 2 aromatic carbocycles. The van der Waals surface area contributed by atoms with E-state index in [0.717, 1.165) is 33.2 Å². The van der Waals surface area contributed by atoms with Gasteiger partial charge in [-0.05, 0) is 35.7 Å². The highest BCUT2D eigenvalue weighted by Crippen LogP contribution is 2.32. The minimum Gasteiger partial charge on any atom is -0.490 e. The Kier molecular flexibility index (Phi) is 4.84. The summed E-state index contributed by atoms with van der Waals surface area (Å²) >= 11 is 3.50. The summed E-state index contributed by atoms with van der Waals surface area (Å²) in [5.74, 6) is 1.38. The largest absolute Gasteiger partial charge is 0.490 e. The van der Waals surface area contributed by atoms with Crippen molar-refractivity contribution in [3.63, 3.8) is 0 Å².